The third kappa shape index (κ3) is 1.86. The van der Waals surface area contributed by atoms with Crippen LogP contribution < -0.4 is 0 Å². The highest BCUT2D eigenvalue weighted by Crippen LogP contribution is 2.63. The summed E-state index contributed by atoms with van der Waals surface area (Å²) in [6.07, 6.45) is 3.41. The molecule has 4 nitrogen and oxygen atoms in total. The van der Waals surface area contributed by atoms with E-state index in [0.29, 0.717) is 22.9 Å². The van der Waals surface area contributed by atoms with Crippen molar-refractivity contribution in [3.8, 4) is 0 Å². The van der Waals surface area contributed by atoms with Crippen LogP contribution in [0.2, 0.25) is 0 Å². The van der Waals surface area contributed by atoms with E-state index < -0.39 is 17.6 Å². The first kappa shape index (κ1) is 13.7. The van der Waals surface area contributed by atoms with E-state index in [1.54, 1.807) is 13.3 Å². The number of rotatable bonds is 3. The zero-order valence-electron chi connectivity index (χ0n) is 12.0. The highest BCUT2D eigenvalue weighted by Gasteiger charge is 2.59. The number of halogens is 2. The maximum Gasteiger partial charge on any atom is 0.306 e. The van der Waals surface area contributed by atoms with Crippen LogP contribution in [0.4, 0.5) is 8.78 Å². The van der Waals surface area contributed by atoms with Gasteiger partial charge in [0, 0.05) is 18.2 Å². The van der Waals surface area contributed by atoms with Crippen molar-refractivity contribution in [3.05, 3.63) is 30.1 Å². The molecule has 2 aliphatic rings. The Kier molecular flexibility index (Phi) is 2.80. The first-order chi connectivity index (χ1) is 10.5. The average Bonchev–Trinajstić information content (AvgIpc) is 2.84. The fourth-order valence-corrected chi connectivity index (χ4v) is 4.31. The number of carboxylic acid groups (broad SMARTS) is 1. The van der Waals surface area contributed by atoms with E-state index in [9.17, 15) is 13.6 Å². The van der Waals surface area contributed by atoms with Crippen LogP contribution >= 0.6 is 0 Å². The highest BCUT2D eigenvalue weighted by atomic mass is 19.2. The molecule has 116 valence electrons. The molecular formula is C16H16F2N2O2. The third-order valence-corrected chi connectivity index (χ3v) is 5.46. The molecular weight excluding hydrogens is 290 g/mol. The molecule has 0 saturated heterocycles. The van der Waals surface area contributed by atoms with Crippen molar-refractivity contribution in [2.45, 2.75) is 25.8 Å². The van der Waals surface area contributed by atoms with E-state index in [4.69, 9.17) is 5.11 Å². The van der Waals surface area contributed by atoms with Crippen molar-refractivity contribution in [2.75, 3.05) is 0 Å². The molecule has 22 heavy (non-hydrogen) atoms. The van der Waals surface area contributed by atoms with Crippen LogP contribution in [0.25, 0.3) is 11.0 Å². The lowest BCUT2D eigenvalue weighted by molar-refractivity contribution is -0.142. The van der Waals surface area contributed by atoms with Crippen molar-refractivity contribution in [3.63, 3.8) is 0 Å². The average molecular weight is 306 g/mol. The van der Waals surface area contributed by atoms with Gasteiger partial charge in [-0.1, -0.05) is 6.92 Å². The number of carboxylic acids is 1. The quantitative estimate of drug-likeness (QED) is 0.947. The molecule has 4 rings (SSSR count). The minimum Gasteiger partial charge on any atom is -0.481 e. The Morgan fingerprint density at radius 3 is 2.59 bits per heavy atom. The van der Waals surface area contributed by atoms with Crippen LogP contribution in [0.3, 0.4) is 0 Å². The summed E-state index contributed by atoms with van der Waals surface area (Å²) in [5.41, 5.74) is 1.06. The van der Waals surface area contributed by atoms with Gasteiger partial charge in [-0.3, -0.25) is 4.79 Å². The molecule has 5 atom stereocenters. The number of aromatic nitrogens is 2. The van der Waals surface area contributed by atoms with Crippen LogP contribution in [0.1, 0.15) is 25.8 Å². The fraction of sp³-hybridized carbons (Fsp3) is 0.500. The molecule has 2 aliphatic carbocycles. The van der Waals surface area contributed by atoms with Gasteiger partial charge in [0.15, 0.2) is 11.6 Å². The molecule has 1 heterocycles. The Morgan fingerprint density at radius 1 is 1.32 bits per heavy atom. The van der Waals surface area contributed by atoms with Crippen molar-refractivity contribution in [2.24, 2.45) is 23.7 Å². The molecule has 1 N–H and O–H groups in total. The van der Waals surface area contributed by atoms with Crippen molar-refractivity contribution < 1.29 is 18.7 Å². The lowest BCUT2D eigenvalue weighted by atomic mass is 9.97. The van der Waals surface area contributed by atoms with Gasteiger partial charge in [0.05, 0.1) is 23.3 Å². The number of aliphatic carboxylic acids is 1. The number of benzene rings is 1. The summed E-state index contributed by atoms with van der Waals surface area (Å²) in [6, 6.07) is 2.51. The Labute approximate surface area is 125 Å². The number of hydrogen-bond donors (Lipinski definition) is 1. The van der Waals surface area contributed by atoms with E-state index in [1.807, 2.05) is 4.57 Å². The number of hydrogen-bond acceptors (Lipinski definition) is 2. The Balaban J connectivity index is 1.57. The predicted molar refractivity (Wildman–Crippen MR) is 75.2 cm³/mol. The van der Waals surface area contributed by atoms with Crippen LogP contribution in [0, 0.1) is 35.3 Å². The van der Waals surface area contributed by atoms with Gasteiger partial charge in [-0.25, -0.2) is 13.8 Å². The van der Waals surface area contributed by atoms with Crippen molar-refractivity contribution in [1.29, 1.82) is 0 Å². The van der Waals surface area contributed by atoms with Crippen LogP contribution in [-0.4, -0.2) is 20.6 Å². The molecule has 2 aromatic rings. The highest BCUT2D eigenvalue weighted by molar-refractivity contribution is 5.75. The molecule has 0 aliphatic heterocycles. The van der Waals surface area contributed by atoms with Crippen LogP contribution in [-0.2, 0) is 4.79 Å². The standard InChI is InChI=1S/C16H16F2N2O2/c1-7(16(21)22)15-9-2-8(3-10(9)15)20-6-19-13-4-11(17)12(18)5-14(13)20/h4-10,15H,2-3H2,1H3,(H,21,22)/t7?,8?,9-,10+,15?. The van der Waals surface area contributed by atoms with Gasteiger partial charge < -0.3 is 9.67 Å². The molecule has 0 bridgehead atoms. The first-order valence-electron chi connectivity index (χ1n) is 7.51. The van der Waals surface area contributed by atoms with Gasteiger partial charge in [-0.05, 0) is 30.6 Å². The Morgan fingerprint density at radius 2 is 1.95 bits per heavy atom. The number of nitrogens with zero attached hydrogens (tertiary/aromatic N) is 2. The lowest BCUT2D eigenvalue weighted by Crippen LogP contribution is -2.17. The summed E-state index contributed by atoms with van der Waals surface area (Å²) in [5, 5.41) is 9.10. The number of carbonyl (C=O) groups is 1. The topological polar surface area (TPSA) is 55.1 Å². The molecule has 1 aromatic carbocycles. The van der Waals surface area contributed by atoms with Gasteiger partial charge >= 0.3 is 5.97 Å². The van der Waals surface area contributed by atoms with Gasteiger partial charge in [0.25, 0.3) is 0 Å². The Bertz CT molecular complexity index is 761. The molecule has 1 aromatic heterocycles. The van der Waals surface area contributed by atoms with E-state index >= 15 is 0 Å². The van der Waals surface area contributed by atoms with E-state index in [2.05, 4.69) is 4.98 Å². The minimum absolute atomic E-state index is 0.196. The summed E-state index contributed by atoms with van der Waals surface area (Å²) < 4.78 is 28.6. The second-order valence-electron chi connectivity index (χ2n) is 6.56. The second-order valence-corrected chi connectivity index (χ2v) is 6.56. The summed E-state index contributed by atoms with van der Waals surface area (Å²) >= 11 is 0. The minimum atomic E-state index is -0.887. The largest absolute Gasteiger partial charge is 0.481 e. The normalized spacial score (nSPS) is 31.2. The first-order valence-corrected chi connectivity index (χ1v) is 7.51. The predicted octanol–water partition coefficient (Wildman–Crippen LogP) is 3.23. The zero-order chi connectivity index (χ0) is 15.6. The molecule has 0 radical (unpaired) electrons. The SMILES string of the molecule is CC(C(=O)O)C1[C@H]2CC(n3cnc4cc(F)c(F)cc43)C[C@@H]12. The maximum atomic E-state index is 13.5. The van der Waals surface area contributed by atoms with Crippen molar-refractivity contribution >= 4 is 17.0 Å². The Hall–Kier alpha value is -1.98. The lowest BCUT2D eigenvalue weighted by Gasteiger charge is -2.18. The van der Waals surface area contributed by atoms with Gasteiger partial charge in [0.1, 0.15) is 0 Å². The van der Waals surface area contributed by atoms with E-state index in [-0.39, 0.29) is 17.9 Å². The molecule has 0 amide bonds. The smallest absolute Gasteiger partial charge is 0.306 e. The third-order valence-electron chi connectivity index (χ3n) is 5.46. The fourth-order valence-electron chi connectivity index (χ4n) is 4.31. The molecule has 6 heteroatoms. The monoisotopic (exact) mass is 306 g/mol. The van der Waals surface area contributed by atoms with Crippen LogP contribution in [0.15, 0.2) is 18.5 Å². The van der Waals surface area contributed by atoms with Gasteiger partial charge in [-0.2, -0.15) is 0 Å². The summed E-state index contributed by atoms with van der Waals surface area (Å²) in [6.45, 7) is 1.77. The van der Waals surface area contributed by atoms with E-state index in [0.717, 1.165) is 18.9 Å². The molecule has 3 unspecified atom stereocenters. The number of fused-ring (bicyclic) bond motifs is 2. The zero-order valence-corrected chi connectivity index (χ0v) is 12.0. The summed E-state index contributed by atoms with van der Waals surface area (Å²) in [5.74, 6) is -1.67. The summed E-state index contributed by atoms with van der Waals surface area (Å²) in [7, 11) is 0. The van der Waals surface area contributed by atoms with E-state index in [1.165, 1.54) is 6.07 Å². The van der Waals surface area contributed by atoms with Crippen LogP contribution in [0.5, 0.6) is 0 Å². The molecule has 0 spiro atoms. The van der Waals surface area contributed by atoms with Gasteiger partial charge in [-0.15, -0.1) is 0 Å². The maximum absolute atomic E-state index is 13.5. The molecule has 2 saturated carbocycles. The second kappa shape index (κ2) is 4.51. The van der Waals surface area contributed by atoms with Crippen molar-refractivity contribution in [1.82, 2.24) is 9.55 Å². The van der Waals surface area contributed by atoms with Gasteiger partial charge in [0.2, 0.25) is 0 Å². The summed E-state index contributed by atoms with van der Waals surface area (Å²) in [4.78, 5) is 15.2. The molecule has 2 fully saturated rings. The number of imidazole rings is 1.